The highest BCUT2D eigenvalue weighted by Gasteiger charge is 2.15. The molecule has 0 fully saturated rings. The van der Waals surface area contributed by atoms with Gasteiger partial charge in [0.15, 0.2) is 11.0 Å². The Balaban J connectivity index is 1.63. The molecule has 0 spiro atoms. The first kappa shape index (κ1) is 21.9. The summed E-state index contributed by atoms with van der Waals surface area (Å²) in [6.45, 7) is 8.53. The number of benzene rings is 2. The summed E-state index contributed by atoms with van der Waals surface area (Å²) in [4.78, 5) is 12.4. The number of halogens is 1. The second kappa shape index (κ2) is 10.3. The molecule has 0 bridgehead atoms. The van der Waals surface area contributed by atoms with Crippen LogP contribution in [-0.2, 0) is 17.9 Å². The number of thioether (sulfide) groups is 1. The highest BCUT2D eigenvalue weighted by molar-refractivity contribution is 7.99. The van der Waals surface area contributed by atoms with Gasteiger partial charge in [0.05, 0.1) is 5.75 Å². The highest BCUT2D eigenvalue weighted by atomic mass is 35.5. The molecule has 1 amide bonds. The Bertz CT molecular complexity index is 1050. The maximum Gasteiger partial charge on any atom is 0.234 e. The van der Waals surface area contributed by atoms with Crippen LogP contribution in [0, 0.1) is 13.8 Å². The smallest absolute Gasteiger partial charge is 0.234 e. The summed E-state index contributed by atoms with van der Waals surface area (Å²) in [5, 5.41) is 12.5. The van der Waals surface area contributed by atoms with E-state index in [1.165, 1.54) is 11.8 Å². The standard InChI is InChI=1S/C22H23ClN4O2S/c1-4-10-27-20(13-29-18-7-5-6-15(2)11-18)25-26-22(27)30-14-21(28)24-19-12-17(23)9-8-16(19)3/h4-9,11-12H,1,10,13-14H2,2-3H3,(H,24,28). The number of carbonyl (C=O) groups is 1. The number of nitrogens with zero attached hydrogens (tertiary/aromatic N) is 3. The van der Waals surface area contributed by atoms with Crippen molar-refractivity contribution in [3.8, 4) is 5.75 Å². The van der Waals surface area contributed by atoms with Crippen LogP contribution in [0.5, 0.6) is 5.75 Å². The van der Waals surface area contributed by atoms with Gasteiger partial charge in [-0.05, 0) is 49.2 Å². The van der Waals surface area contributed by atoms with Crippen LogP contribution >= 0.6 is 23.4 Å². The van der Waals surface area contributed by atoms with Gasteiger partial charge >= 0.3 is 0 Å². The van der Waals surface area contributed by atoms with Crippen molar-refractivity contribution < 1.29 is 9.53 Å². The van der Waals surface area contributed by atoms with E-state index in [0.29, 0.717) is 28.2 Å². The highest BCUT2D eigenvalue weighted by Crippen LogP contribution is 2.22. The van der Waals surface area contributed by atoms with Crippen LogP contribution in [-0.4, -0.2) is 26.4 Å². The molecule has 8 heteroatoms. The molecular formula is C22H23ClN4O2S. The number of ether oxygens (including phenoxy) is 1. The van der Waals surface area contributed by atoms with E-state index in [-0.39, 0.29) is 18.3 Å². The van der Waals surface area contributed by atoms with Crippen molar-refractivity contribution in [3.05, 3.63) is 77.1 Å². The summed E-state index contributed by atoms with van der Waals surface area (Å²) in [7, 11) is 0. The lowest BCUT2D eigenvalue weighted by molar-refractivity contribution is -0.113. The monoisotopic (exact) mass is 442 g/mol. The van der Waals surface area contributed by atoms with Gasteiger partial charge in [-0.3, -0.25) is 9.36 Å². The van der Waals surface area contributed by atoms with Crippen LogP contribution in [0.15, 0.2) is 60.3 Å². The lowest BCUT2D eigenvalue weighted by atomic mass is 10.2. The van der Waals surface area contributed by atoms with Gasteiger partial charge in [-0.2, -0.15) is 0 Å². The molecule has 0 aliphatic carbocycles. The zero-order valence-electron chi connectivity index (χ0n) is 16.9. The first-order chi connectivity index (χ1) is 14.5. The third-order valence-corrected chi connectivity index (χ3v) is 5.47. The van der Waals surface area contributed by atoms with Gasteiger partial charge in [0, 0.05) is 17.3 Å². The quantitative estimate of drug-likeness (QED) is 0.371. The molecule has 0 atom stereocenters. The largest absolute Gasteiger partial charge is 0.486 e. The lowest BCUT2D eigenvalue weighted by Crippen LogP contribution is -2.15. The number of nitrogens with one attached hydrogen (secondary N) is 1. The number of rotatable bonds is 9. The lowest BCUT2D eigenvalue weighted by Gasteiger charge is -2.10. The fourth-order valence-electron chi connectivity index (χ4n) is 2.74. The maximum absolute atomic E-state index is 12.4. The van der Waals surface area contributed by atoms with E-state index in [1.807, 2.05) is 48.7 Å². The van der Waals surface area contributed by atoms with Crippen molar-refractivity contribution in [3.63, 3.8) is 0 Å². The SMILES string of the molecule is C=CCn1c(COc2cccc(C)c2)nnc1SCC(=O)Nc1cc(Cl)ccc1C. The van der Waals surface area contributed by atoms with Crippen LogP contribution in [0.3, 0.4) is 0 Å². The average Bonchev–Trinajstić information content (AvgIpc) is 3.10. The Labute approximate surface area is 185 Å². The Kier molecular flexibility index (Phi) is 7.54. The molecule has 6 nitrogen and oxygen atoms in total. The Morgan fingerprint density at radius 3 is 2.87 bits per heavy atom. The molecule has 1 heterocycles. The van der Waals surface area contributed by atoms with E-state index in [0.717, 1.165) is 16.9 Å². The number of hydrogen-bond acceptors (Lipinski definition) is 5. The number of aromatic nitrogens is 3. The van der Waals surface area contributed by atoms with Gasteiger partial charge in [0.1, 0.15) is 12.4 Å². The molecule has 30 heavy (non-hydrogen) atoms. The maximum atomic E-state index is 12.4. The van der Waals surface area contributed by atoms with Crippen molar-refractivity contribution in [2.75, 3.05) is 11.1 Å². The van der Waals surface area contributed by atoms with E-state index in [2.05, 4.69) is 22.1 Å². The van der Waals surface area contributed by atoms with Gasteiger partial charge in [-0.15, -0.1) is 16.8 Å². The van der Waals surface area contributed by atoms with Crippen molar-refractivity contribution >= 4 is 35.0 Å². The normalized spacial score (nSPS) is 10.6. The zero-order chi connectivity index (χ0) is 21.5. The minimum atomic E-state index is -0.143. The minimum Gasteiger partial charge on any atom is -0.486 e. The van der Waals surface area contributed by atoms with Gasteiger partial charge in [0.25, 0.3) is 0 Å². The molecule has 1 N–H and O–H groups in total. The zero-order valence-corrected chi connectivity index (χ0v) is 18.5. The van der Waals surface area contributed by atoms with Crippen LogP contribution in [0.4, 0.5) is 5.69 Å². The van der Waals surface area contributed by atoms with Crippen molar-refractivity contribution in [2.24, 2.45) is 0 Å². The third-order valence-electron chi connectivity index (χ3n) is 4.27. The number of hydrogen-bond donors (Lipinski definition) is 1. The Morgan fingerprint density at radius 1 is 1.27 bits per heavy atom. The summed E-state index contributed by atoms with van der Waals surface area (Å²) in [5.41, 5.74) is 2.77. The molecule has 0 aliphatic rings. The van der Waals surface area contributed by atoms with Gasteiger partial charge in [-0.1, -0.05) is 47.6 Å². The Hall–Kier alpha value is -2.77. The van der Waals surface area contributed by atoms with Crippen molar-refractivity contribution in [1.29, 1.82) is 0 Å². The molecule has 3 rings (SSSR count). The predicted octanol–water partition coefficient (Wildman–Crippen LogP) is 5.04. The predicted molar refractivity (Wildman–Crippen MR) is 121 cm³/mol. The molecule has 3 aromatic rings. The van der Waals surface area contributed by atoms with E-state index in [4.69, 9.17) is 16.3 Å². The fourth-order valence-corrected chi connectivity index (χ4v) is 3.68. The van der Waals surface area contributed by atoms with Crippen LogP contribution in [0.25, 0.3) is 0 Å². The number of anilines is 1. The number of allylic oxidation sites excluding steroid dienone is 1. The molecular weight excluding hydrogens is 420 g/mol. The van der Waals surface area contributed by atoms with Crippen LogP contribution in [0.2, 0.25) is 5.02 Å². The molecule has 1 aromatic heterocycles. The second-order valence-electron chi connectivity index (χ2n) is 6.70. The molecule has 0 saturated heterocycles. The van der Waals surface area contributed by atoms with Crippen LogP contribution in [0.1, 0.15) is 17.0 Å². The third kappa shape index (κ3) is 5.87. The molecule has 0 saturated carbocycles. The minimum absolute atomic E-state index is 0.143. The summed E-state index contributed by atoms with van der Waals surface area (Å²) < 4.78 is 7.74. The van der Waals surface area contributed by atoms with Gasteiger partial charge in [-0.25, -0.2) is 0 Å². The summed E-state index contributed by atoms with van der Waals surface area (Å²) in [6, 6.07) is 13.2. The molecule has 0 aliphatic heterocycles. The molecule has 0 radical (unpaired) electrons. The van der Waals surface area contributed by atoms with Crippen molar-refractivity contribution in [1.82, 2.24) is 14.8 Å². The summed E-state index contributed by atoms with van der Waals surface area (Å²) in [5.74, 6) is 1.50. The topological polar surface area (TPSA) is 69.0 Å². The second-order valence-corrected chi connectivity index (χ2v) is 8.08. The molecule has 0 unspecified atom stereocenters. The number of aryl methyl sites for hydroxylation is 2. The number of amides is 1. The van der Waals surface area contributed by atoms with E-state index >= 15 is 0 Å². The first-order valence-electron chi connectivity index (χ1n) is 9.37. The van der Waals surface area contributed by atoms with Crippen molar-refractivity contribution in [2.45, 2.75) is 32.2 Å². The van der Waals surface area contributed by atoms with Gasteiger partial charge in [0.2, 0.25) is 5.91 Å². The Morgan fingerprint density at radius 2 is 2.10 bits per heavy atom. The fraction of sp³-hybridized carbons (Fsp3) is 0.227. The number of carbonyl (C=O) groups excluding carboxylic acids is 1. The molecule has 2 aromatic carbocycles. The van der Waals surface area contributed by atoms with Crippen LogP contribution < -0.4 is 10.1 Å². The van der Waals surface area contributed by atoms with E-state index in [1.54, 1.807) is 18.2 Å². The summed E-state index contributed by atoms with van der Waals surface area (Å²) >= 11 is 7.33. The van der Waals surface area contributed by atoms with E-state index in [9.17, 15) is 4.79 Å². The average molecular weight is 443 g/mol. The first-order valence-corrected chi connectivity index (χ1v) is 10.7. The molecule has 156 valence electrons. The van der Waals surface area contributed by atoms with E-state index < -0.39 is 0 Å². The van der Waals surface area contributed by atoms with Gasteiger partial charge < -0.3 is 10.1 Å². The summed E-state index contributed by atoms with van der Waals surface area (Å²) in [6.07, 6.45) is 1.76.